The van der Waals surface area contributed by atoms with Crippen LogP contribution in [0.1, 0.15) is 33.0 Å². The maximum absolute atomic E-state index is 13.5. The van der Waals surface area contributed by atoms with Crippen LogP contribution < -0.4 is 4.90 Å². The normalized spacial score (nSPS) is 13.6. The van der Waals surface area contributed by atoms with E-state index >= 15 is 0 Å². The highest BCUT2D eigenvalue weighted by Gasteiger charge is 2.26. The lowest BCUT2D eigenvalue weighted by Gasteiger charge is -2.31. The standard InChI is InChI=1S/C17H17ClFN3O2/c1-9-10(2)21-16(15(20-9)17(23)24-3)22-5-4-11-6-12(19)7-14(18)13(11)8-22/h6-7H,4-5,8H2,1-3H3. The molecule has 0 saturated heterocycles. The summed E-state index contributed by atoms with van der Waals surface area (Å²) in [4.78, 5) is 22.9. The number of nitrogens with zero attached hydrogens (tertiary/aromatic N) is 3. The number of halogens is 2. The predicted octanol–water partition coefficient (Wildman–Crippen LogP) is 3.24. The van der Waals surface area contributed by atoms with Crippen molar-refractivity contribution in [3.63, 3.8) is 0 Å². The van der Waals surface area contributed by atoms with Gasteiger partial charge in [-0.1, -0.05) is 11.6 Å². The average molecular weight is 350 g/mol. The van der Waals surface area contributed by atoms with Crippen LogP contribution >= 0.6 is 11.6 Å². The molecule has 5 nitrogen and oxygen atoms in total. The monoisotopic (exact) mass is 349 g/mol. The van der Waals surface area contributed by atoms with Gasteiger partial charge in [-0.3, -0.25) is 0 Å². The van der Waals surface area contributed by atoms with Crippen molar-refractivity contribution in [2.45, 2.75) is 26.8 Å². The Kier molecular flexibility index (Phi) is 4.41. The van der Waals surface area contributed by atoms with Crippen LogP contribution in [-0.4, -0.2) is 29.6 Å². The summed E-state index contributed by atoms with van der Waals surface area (Å²) < 4.78 is 18.3. The second kappa shape index (κ2) is 6.36. The van der Waals surface area contributed by atoms with Gasteiger partial charge >= 0.3 is 5.97 Å². The topological polar surface area (TPSA) is 55.3 Å². The summed E-state index contributed by atoms with van der Waals surface area (Å²) in [5.74, 6) is -0.402. The van der Waals surface area contributed by atoms with Crippen molar-refractivity contribution in [1.82, 2.24) is 9.97 Å². The molecule has 2 aromatic rings. The minimum absolute atomic E-state index is 0.183. The highest BCUT2D eigenvalue weighted by Crippen LogP contribution is 2.31. The number of rotatable bonds is 2. The summed E-state index contributed by atoms with van der Waals surface area (Å²) in [5, 5.41) is 0.381. The van der Waals surface area contributed by atoms with Crippen LogP contribution in [-0.2, 0) is 17.7 Å². The third-order valence-corrected chi connectivity index (χ3v) is 4.56. The summed E-state index contributed by atoms with van der Waals surface area (Å²) in [6.45, 7) is 4.67. The van der Waals surface area contributed by atoms with Crippen LogP contribution in [0.5, 0.6) is 0 Å². The number of benzene rings is 1. The van der Waals surface area contributed by atoms with E-state index in [1.807, 2.05) is 11.8 Å². The number of carbonyl (C=O) groups is 1. The molecule has 0 atom stereocenters. The zero-order valence-corrected chi connectivity index (χ0v) is 14.4. The molecule has 1 aliphatic rings. The molecule has 1 aromatic heterocycles. The number of aryl methyl sites for hydroxylation is 2. The fourth-order valence-corrected chi connectivity index (χ4v) is 3.09. The van der Waals surface area contributed by atoms with E-state index in [1.165, 1.54) is 19.2 Å². The molecule has 3 rings (SSSR count). The predicted molar refractivity (Wildman–Crippen MR) is 89.0 cm³/mol. The van der Waals surface area contributed by atoms with Gasteiger partial charge in [0.1, 0.15) is 5.82 Å². The second-order valence-electron chi connectivity index (χ2n) is 5.76. The quantitative estimate of drug-likeness (QED) is 0.779. The van der Waals surface area contributed by atoms with Crippen LogP contribution in [0.25, 0.3) is 0 Å². The van der Waals surface area contributed by atoms with Crippen LogP contribution in [0.3, 0.4) is 0 Å². The van der Waals surface area contributed by atoms with Crippen molar-refractivity contribution in [1.29, 1.82) is 0 Å². The molecule has 0 N–H and O–H groups in total. The molecule has 0 radical (unpaired) electrons. The van der Waals surface area contributed by atoms with Gasteiger partial charge in [0.05, 0.1) is 18.5 Å². The highest BCUT2D eigenvalue weighted by molar-refractivity contribution is 6.31. The van der Waals surface area contributed by atoms with Crippen molar-refractivity contribution >= 4 is 23.4 Å². The number of esters is 1. The number of hydrogen-bond donors (Lipinski definition) is 0. The van der Waals surface area contributed by atoms with Crippen molar-refractivity contribution < 1.29 is 13.9 Å². The van der Waals surface area contributed by atoms with Gasteiger partial charge in [0.2, 0.25) is 0 Å². The van der Waals surface area contributed by atoms with Crippen molar-refractivity contribution in [3.8, 4) is 0 Å². The van der Waals surface area contributed by atoms with E-state index in [0.717, 1.165) is 16.8 Å². The average Bonchev–Trinajstić information content (AvgIpc) is 2.56. The Bertz CT molecular complexity index is 826. The van der Waals surface area contributed by atoms with E-state index < -0.39 is 5.97 Å². The molecule has 0 spiro atoms. The van der Waals surface area contributed by atoms with E-state index in [-0.39, 0.29) is 11.5 Å². The zero-order valence-electron chi connectivity index (χ0n) is 13.7. The van der Waals surface area contributed by atoms with Crippen LogP contribution in [0.2, 0.25) is 5.02 Å². The van der Waals surface area contributed by atoms with Crippen LogP contribution in [0, 0.1) is 19.7 Å². The summed E-state index contributed by atoms with van der Waals surface area (Å²) in [7, 11) is 1.31. The smallest absolute Gasteiger partial charge is 0.360 e. The molecule has 0 saturated carbocycles. The Morgan fingerprint density at radius 1 is 1.29 bits per heavy atom. The van der Waals surface area contributed by atoms with Crippen molar-refractivity contribution in [2.24, 2.45) is 0 Å². The third kappa shape index (κ3) is 2.94. The molecule has 1 aromatic carbocycles. The van der Waals surface area contributed by atoms with Crippen molar-refractivity contribution in [3.05, 3.63) is 51.2 Å². The molecule has 0 amide bonds. The Labute approximate surface area is 144 Å². The van der Waals surface area contributed by atoms with Gasteiger partial charge in [-0.2, -0.15) is 0 Å². The molecule has 24 heavy (non-hydrogen) atoms. The fraction of sp³-hybridized carbons (Fsp3) is 0.353. The zero-order chi connectivity index (χ0) is 17.4. The number of anilines is 1. The van der Waals surface area contributed by atoms with E-state index in [1.54, 1.807) is 6.92 Å². The van der Waals surface area contributed by atoms with Crippen molar-refractivity contribution in [2.75, 3.05) is 18.6 Å². The number of carbonyl (C=O) groups excluding carboxylic acids is 1. The number of fused-ring (bicyclic) bond motifs is 1. The number of aromatic nitrogens is 2. The Morgan fingerprint density at radius 2 is 2.00 bits per heavy atom. The molecule has 0 fully saturated rings. The largest absolute Gasteiger partial charge is 0.464 e. The number of hydrogen-bond acceptors (Lipinski definition) is 5. The van der Waals surface area contributed by atoms with Crippen LogP contribution in [0.4, 0.5) is 10.2 Å². The summed E-state index contributed by atoms with van der Waals surface area (Å²) >= 11 is 6.19. The minimum atomic E-state index is -0.531. The molecule has 0 unspecified atom stereocenters. The van der Waals surface area contributed by atoms with Gasteiger partial charge in [-0.05, 0) is 43.5 Å². The Balaban J connectivity index is 2.04. The van der Waals surface area contributed by atoms with Crippen LogP contribution in [0.15, 0.2) is 12.1 Å². The molecular formula is C17H17ClFN3O2. The lowest BCUT2D eigenvalue weighted by atomic mass is 9.99. The second-order valence-corrected chi connectivity index (χ2v) is 6.16. The van der Waals surface area contributed by atoms with Gasteiger partial charge in [0, 0.05) is 18.1 Å². The number of methoxy groups -OCH3 is 1. The molecule has 126 valence electrons. The first-order valence-corrected chi connectivity index (χ1v) is 7.93. The first-order chi connectivity index (χ1) is 11.4. The fourth-order valence-electron chi connectivity index (χ4n) is 2.81. The van der Waals surface area contributed by atoms with Gasteiger partial charge in [-0.25, -0.2) is 19.2 Å². The lowest BCUT2D eigenvalue weighted by Crippen LogP contribution is -2.33. The molecule has 1 aliphatic heterocycles. The Morgan fingerprint density at radius 3 is 2.71 bits per heavy atom. The van der Waals surface area contributed by atoms with E-state index in [2.05, 4.69) is 9.97 Å². The van der Waals surface area contributed by atoms with E-state index in [4.69, 9.17) is 16.3 Å². The first-order valence-electron chi connectivity index (χ1n) is 7.56. The molecular weight excluding hydrogens is 333 g/mol. The third-order valence-electron chi connectivity index (χ3n) is 4.22. The molecule has 2 heterocycles. The van der Waals surface area contributed by atoms with Gasteiger partial charge in [-0.15, -0.1) is 0 Å². The minimum Gasteiger partial charge on any atom is -0.464 e. The summed E-state index contributed by atoms with van der Waals surface area (Å²) in [6, 6.07) is 2.81. The van der Waals surface area contributed by atoms with Gasteiger partial charge in [0.15, 0.2) is 11.5 Å². The SMILES string of the molecule is COC(=O)c1nc(C)c(C)nc1N1CCc2cc(F)cc(Cl)c2C1. The lowest BCUT2D eigenvalue weighted by molar-refractivity contribution is 0.0594. The first kappa shape index (κ1) is 16.6. The number of ether oxygens (including phenoxy) is 1. The Hall–Kier alpha value is -2.21. The van der Waals surface area contributed by atoms with E-state index in [0.29, 0.717) is 36.0 Å². The maximum atomic E-state index is 13.5. The summed E-state index contributed by atoms with van der Waals surface area (Å²) in [6.07, 6.45) is 0.613. The van der Waals surface area contributed by atoms with E-state index in [9.17, 15) is 9.18 Å². The molecule has 0 bridgehead atoms. The highest BCUT2D eigenvalue weighted by atomic mass is 35.5. The van der Waals surface area contributed by atoms with Gasteiger partial charge < -0.3 is 9.64 Å². The van der Waals surface area contributed by atoms with Gasteiger partial charge in [0.25, 0.3) is 0 Å². The maximum Gasteiger partial charge on any atom is 0.360 e. The molecule has 0 aliphatic carbocycles. The summed E-state index contributed by atoms with van der Waals surface area (Å²) in [5.41, 5.74) is 3.33. The molecule has 7 heteroatoms.